The van der Waals surface area contributed by atoms with Crippen LogP contribution in [-0.4, -0.2) is 26.3 Å². The molecule has 2 nitrogen and oxygen atoms in total. The van der Waals surface area contributed by atoms with E-state index < -0.39 is 0 Å². The van der Waals surface area contributed by atoms with Crippen molar-refractivity contribution in [2.45, 2.75) is 0 Å². The second-order valence-electron chi connectivity index (χ2n) is 11.9. The van der Waals surface area contributed by atoms with Gasteiger partial charge >= 0.3 is 0 Å². The first-order chi connectivity index (χ1) is 22.8. The highest BCUT2D eigenvalue weighted by molar-refractivity contribution is 6.21. The smallest absolute Gasteiger partial charge is 0.0642 e. The standard InChI is InChI=1S/C44H35NO/c1-3-11-33(12-4-1)42(34-13-5-2-6-14-34)31-32-19-21-35(22-20-32)43-38-15-7-9-17-40(38)44(41-18-10-8-16-39(41)43)36-23-25-37(26-24-36)45-27-29-46-30-28-45/h1-26,31H,27-30H2. The SMILES string of the molecule is C(=C(c1ccccc1)c1ccccc1)c1ccc(-c2c3ccccc3c(-c3ccc(N4CCOCC4)cc3)c3ccccc23)cc1. The molecule has 0 spiro atoms. The molecule has 0 amide bonds. The Morgan fingerprint density at radius 2 is 0.870 bits per heavy atom. The van der Waals surface area contributed by atoms with Crippen molar-refractivity contribution in [2.24, 2.45) is 0 Å². The number of nitrogens with zero attached hydrogens (tertiary/aromatic N) is 1. The van der Waals surface area contributed by atoms with Crippen LogP contribution in [-0.2, 0) is 4.74 Å². The lowest BCUT2D eigenvalue weighted by Crippen LogP contribution is -2.36. The summed E-state index contributed by atoms with van der Waals surface area (Å²) in [7, 11) is 0. The third kappa shape index (κ3) is 5.38. The Labute approximate surface area is 270 Å². The van der Waals surface area contributed by atoms with E-state index in [0.717, 1.165) is 26.3 Å². The van der Waals surface area contributed by atoms with Crippen molar-refractivity contribution in [2.75, 3.05) is 31.2 Å². The highest BCUT2D eigenvalue weighted by Crippen LogP contribution is 2.44. The zero-order valence-electron chi connectivity index (χ0n) is 25.8. The molecule has 1 aliphatic rings. The molecule has 0 N–H and O–H groups in total. The number of fused-ring (bicyclic) bond motifs is 2. The summed E-state index contributed by atoms with van der Waals surface area (Å²) in [5.74, 6) is 0. The maximum Gasteiger partial charge on any atom is 0.0642 e. The Morgan fingerprint density at radius 1 is 0.457 bits per heavy atom. The summed E-state index contributed by atoms with van der Waals surface area (Å²) in [6.07, 6.45) is 2.30. The molecule has 7 aromatic carbocycles. The van der Waals surface area contributed by atoms with Gasteiger partial charge in [0.05, 0.1) is 13.2 Å². The molecule has 0 bridgehead atoms. The summed E-state index contributed by atoms with van der Waals surface area (Å²) in [4.78, 5) is 2.41. The fraction of sp³-hybridized carbons (Fsp3) is 0.0909. The van der Waals surface area contributed by atoms with Crippen LogP contribution < -0.4 is 4.90 Å². The first kappa shape index (κ1) is 28.1. The molecule has 0 unspecified atom stereocenters. The van der Waals surface area contributed by atoms with Gasteiger partial charge in [-0.3, -0.25) is 0 Å². The van der Waals surface area contributed by atoms with Gasteiger partial charge in [0.1, 0.15) is 0 Å². The maximum atomic E-state index is 5.57. The molecule has 1 heterocycles. The van der Waals surface area contributed by atoms with Crippen molar-refractivity contribution in [1.82, 2.24) is 0 Å². The van der Waals surface area contributed by atoms with Crippen molar-refractivity contribution in [3.8, 4) is 22.3 Å². The summed E-state index contributed by atoms with van der Waals surface area (Å²) in [6, 6.07) is 57.2. The van der Waals surface area contributed by atoms with Gasteiger partial charge in [-0.2, -0.15) is 0 Å². The van der Waals surface area contributed by atoms with Crippen LogP contribution >= 0.6 is 0 Å². The van der Waals surface area contributed by atoms with E-state index in [1.165, 1.54) is 71.7 Å². The molecular weight excluding hydrogens is 558 g/mol. The first-order valence-electron chi connectivity index (χ1n) is 16.1. The third-order valence-electron chi connectivity index (χ3n) is 9.14. The highest BCUT2D eigenvalue weighted by Gasteiger charge is 2.17. The predicted octanol–water partition coefficient (Wildman–Crippen LogP) is 10.8. The van der Waals surface area contributed by atoms with Crippen LogP contribution in [0.25, 0.3) is 55.4 Å². The van der Waals surface area contributed by atoms with E-state index in [1.807, 2.05) is 0 Å². The monoisotopic (exact) mass is 593 g/mol. The topological polar surface area (TPSA) is 12.5 Å². The van der Waals surface area contributed by atoms with E-state index in [2.05, 4.69) is 169 Å². The highest BCUT2D eigenvalue weighted by atomic mass is 16.5. The summed E-state index contributed by atoms with van der Waals surface area (Å²) in [5, 5.41) is 5.08. The van der Waals surface area contributed by atoms with E-state index in [4.69, 9.17) is 4.74 Å². The Balaban J connectivity index is 1.23. The molecular formula is C44H35NO. The van der Waals surface area contributed by atoms with Gasteiger partial charge in [0.25, 0.3) is 0 Å². The average molecular weight is 594 g/mol. The van der Waals surface area contributed by atoms with Crippen molar-refractivity contribution in [3.63, 3.8) is 0 Å². The summed E-state index contributed by atoms with van der Waals surface area (Å²) < 4.78 is 5.57. The Hall–Kier alpha value is -5.44. The lowest BCUT2D eigenvalue weighted by atomic mass is 9.85. The lowest BCUT2D eigenvalue weighted by Gasteiger charge is -2.29. The van der Waals surface area contributed by atoms with E-state index >= 15 is 0 Å². The van der Waals surface area contributed by atoms with Gasteiger partial charge in [0.2, 0.25) is 0 Å². The lowest BCUT2D eigenvalue weighted by molar-refractivity contribution is 0.122. The molecule has 7 aromatic rings. The minimum absolute atomic E-state index is 0.789. The quantitative estimate of drug-likeness (QED) is 0.140. The molecule has 1 saturated heterocycles. The fourth-order valence-electron chi connectivity index (χ4n) is 6.89. The molecule has 8 rings (SSSR count). The van der Waals surface area contributed by atoms with Gasteiger partial charge in [-0.1, -0.05) is 146 Å². The molecule has 0 aromatic heterocycles. The third-order valence-corrected chi connectivity index (χ3v) is 9.14. The van der Waals surface area contributed by atoms with Crippen LogP contribution in [0.3, 0.4) is 0 Å². The number of rotatable bonds is 6. The second-order valence-corrected chi connectivity index (χ2v) is 11.9. The van der Waals surface area contributed by atoms with E-state index in [9.17, 15) is 0 Å². The van der Waals surface area contributed by atoms with Crippen LogP contribution in [0.1, 0.15) is 16.7 Å². The van der Waals surface area contributed by atoms with Gasteiger partial charge in [0.15, 0.2) is 0 Å². The Morgan fingerprint density at radius 3 is 1.33 bits per heavy atom. The van der Waals surface area contributed by atoms with Gasteiger partial charge in [-0.25, -0.2) is 0 Å². The van der Waals surface area contributed by atoms with Crippen LogP contribution in [0, 0.1) is 0 Å². The zero-order chi connectivity index (χ0) is 30.7. The molecule has 0 aliphatic carbocycles. The Bertz CT molecular complexity index is 2040. The number of ether oxygens (including phenoxy) is 1. The van der Waals surface area contributed by atoms with Gasteiger partial charge in [-0.15, -0.1) is 0 Å². The summed E-state index contributed by atoms with van der Waals surface area (Å²) in [6.45, 7) is 3.45. The first-order valence-corrected chi connectivity index (χ1v) is 16.1. The van der Waals surface area contributed by atoms with Crippen molar-refractivity contribution in [1.29, 1.82) is 0 Å². The van der Waals surface area contributed by atoms with Gasteiger partial charge < -0.3 is 9.64 Å². The fourth-order valence-corrected chi connectivity index (χ4v) is 6.89. The molecule has 222 valence electrons. The van der Waals surface area contributed by atoms with Crippen molar-refractivity contribution in [3.05, 3.63) is 174 Å². The van der Waals surface area contributed by atoms with Crippen LogP contribution in [0.2, 0.25) is 0 Å². The van der Waals surface area contributed by atoms with Gasteiger partial charge in [-0.05, 0) is 84.3 Å². The summed E-state index contributed by atoms with van der Waals surface area (Å²) in [5.41, 5.74) is 11.1. The van der Waals surface area contributed by atoms with Crippen molar-refractivity contribution >= 4 is 38.9 Å². The zero-order valence-corrected chi connectivity index (χ0v) is 25.8. The van der Waals surface area contributed by atoms with Crippen LogP contribution in [0.5, 0.6) is 0 Å². The number of benzene rings is 7. The number of hydrogen-bond donors (Lipinski definition) is 0. The van der Waals surface area contributed by atoms with E-state index in [1.54, 1.807) is 0 Å². The molecule has 2 heteroatoms. The molecule has 1 fully saturated rings. The van der Waals surface area contributed by atoms with Crippen LogP contribution in [0.4, 0.5) is 5.69 Å². The largest absolute Gasteiger partial charge is 0.378 e. The predicted molar refractivity (Wildman–Crippen MR) is 195 cm³/mol. The number of hydrogen-bond acceptors (Lipinski definition) is 2. The van der Waals surface area contributed by atoms with E-state index in [-0.39, 0.29) is 0 Å². The minimum atomic E-state index is 0.789. The minimum Gasteiger partial charge on any atom is -0.378 e. The normalized spacial score (nSPS) is 13.2. The average Bonchev–Trinajstić information content (AvgIpc) is 3.14. The Kier molecular flexibility index (Phi) is 7.63. The molecule has 46 heavy (non-hydrogen) atoms. The van der Waals surface area contributed by atoms with Crippen molar-refractivity contribution < 1.29 is 4.74 Å². The second kappa shape index (κ2) is 12.5. The molecule has 0 atom stereocenters. The summed E-state index contributed by atoms with van der Waals surface area (Å²) >= 11 is 0. The number of morpholine rings is 1. The van der Waals surface area contributed by atoms with Gasteiger partial charge in [0, 0.05) is 18.8 Å². The molecule has 0 radical (unpaired) electrons. The van der Waals surface area contributed by atoms with Crippen LogP contribution in [0.15, 0.2) is 158 Å². The van der Waals surface area contributed by atoms with E-state index in [0.29, 0.717) is 0 Å². The molecule has 1 aliphatic heterocycles. The molecule has 0 saturated carbocycles. The maximum absolute atomic E-state index is 5.57. The number of anilines is 1.